The minimum absolute atomic E-state index is 0. The molecule has 0 aromatic heterocycles. The molecule has 4 nitrogen and oxygen atoms in total. The van der Waals surface area contributed by atoms with Crippen LogP contribution in [0.1, 0.15) is 0 Å². The summed E-state index contributed by atoms with van der Waals surface area (Å²) in [6.45, 7) is 0. The number of aromatic hydroxyl groups is 4. The molecule has 0 fully saturated rings. The van der Waals surface area contributed by atoms with Gasteiger partial charge in [0.1, 0.15) is 0 Å². The summed E-state index contributed by atoms with van der Waals surface area (Å²) in [6.07, 6.45) is 0. The van der Waals surface area contributed by atoms with Gasteiger partial charge in [-0.05, 0) is 12.1 Å². The van der Waals surface area contributed by atoms with E-state index in [-0.39, 0.29) is 29.6 Å². The predicted molar refractivity (Wildman–Crippen MR) is 40.3 cm³/mol. The molecule has 0 aliphatic heterocycles. The van der Waals surface area contributed by atoms with Gasteiger partial charge in [0, 0.05) is 0 Å². The monoisotopic (exact) mass is 166 g/mol. The normalized spacial score (nSPS) is 8.73. The van der Waals surface area contributed by atoms with Gasteiger partial charge in [0.15, 0.2) is 11.5 Å². The van der Waals surface area contributed by atoms with Crippen LogP contribution in [0.4, 0.5) is 0 Å². The van der Waals surface area contributed by atoms with Gasteiger partial charge in [-0.1, -0.05) is 0 Å². The molecule has 1 aromatic carbocycles. The van der Waals surface area contributed by atoms with Gasteiger partial charge in [-0.25, -0.2) is 0 Å². The first-order valence-electron chi connectivity index (χ1n) is 2.56. The molecule has 0 aliphatic carbocycles. The molecule has 5 heteroatoms. The Morgan fingerprint density at radius 3 is 1.27 bits per heavy atom. The van der Waals surface area contributed by atoms with Gasteiger partial charge in [0.05, 0.1) is 0 Å². The minimum atomic E-state index is -0.708. The fourth-order valence-electron chi connectivity index (χ4n) is 0.558. The van der Waals surface area contributed by atoms with Gasteiger partial charge < -0.3 is 20.4 Å². The number of phenolic OH excluding ortho intramolecular Hbond substituents is 4. The van der Waals surface area contributed by atoms with Gasteiger partial charge >= 0.3 is 29.6 Å². The van der Waals surface area contributed by atoms with Gasteiger partial charge in [0.25, 0.3) is 0 Å². The van der Waals surface area contributed by atoms with Crippen LogP contribution in [0.15, 0.2) is 12.1 Å². The average molecular weight is 166 g/mol. The summed E-state index contributed by atoms with van der Waals surface area (Å²) in [5, 5.41) is 34.9. The Labute approximate surface area is 85.0 Å². The van der Waals surface area contributed by atoms with E-state index in [1.807, 2.05) is 0 Å². The molecule has 0 atom stereocenters. The van der Waals surface area contributed by atoms with Crippen LogP contribution in [0.3, 0.4) is 0 Å². The van der Waals surface area contributed by atoms with Crippen LogP contribution in [-0.4, -0.2) is 50.0 Å². The van der Waals surface area contributed by atoms with E-state index in [2.05, 4.69) is 0 Å². The first kappa shape index (κ1) is 10.4. The average Bonchev–Trinajstić information content (AvgIpc) is 1.93. The maximum absolute atomic E-state index is 8.73. The summed E-state index contributed by atoms with van der Waals surface area (Å²) in [7, 11) is 0. The van der Waals surface area contributed by atoms with Crippen molar-refractivity contribution in [3.63, 3.8) is 0 Å². The zero-order valence-electron chi connectivity index (χ0n) is 4.94. The quantitative estimate of drug-likeness (QED) is 0.245. The van der Waals surface area contributed by atoms with Gasteiger partial charge in [-0.2, -0.15) is 0 Å². The maximum atomic E-state index is 8.73. The molecule has 4 N–H and O–H groups in total. The molecule has 0 bridgehead atoms. The third-order valence-electron chi connectivity index (χ3n) is 1.11. The SMILES string of the molecule is Oc1ccc(O)c(O)c1O.[NaH]. The third-order valence-corrected chi connectivity index (χ3v) is 1.11. The third kappa shape index (κ3) is 1.92. The Kier molecular flexibility index (Phi) is 3.51. The Balaban J connectivity index is 0.000001000. The molecule has 0 radical (unpaired) electrons. The van der Waals surface area contributed by atoms with Crippen molar-refractivity contribution in [3.05, 3.63) is 12.1 Å². The van der Waals surface area contributed by atoms with E-state index in [1.165, 1.54) is 0 Å². The van der Waals surface area contributed by atoms with Crippen LogP contribution in [0.25, 0.3) is 0 Å². The van der Waals surface area contributed by atoms with Crippen LogP contribution < -0.4 is 0 Å². The fraction of sp³-hybridized carbons (Fsp3) is 0. The fourth-order valence-corrected chi connectivity index (χ4v) is 0.558. The second-order valence-electron chi connectivity index (χ2n) is 1.80. The van der Waals surface area contributed by atoms with Crippen molar-refractivity contribution in [3.8, 4) is 23.0 Å². The number of hydrogen-bond donors (Lipinski definition) is 4. The molecule has 11 heavy (non-hydrogen) atoms. The van der Waals surface area contributed by atoms with Crippen molar-refractivity contribution >= 4 is 29.6 Å². The summed E-state index contributed by atoms with van der Waals surface area (Å²) < 4.78 is 0. The van der Waals surface area contributed by atoms with Gasteiger partial charge in [0.2, 0.25) is 11.5 Å². The van der Waals surface area contributed by atoms with Crippen molar-refractivity contribution in [2.24, 2.45) is 0 Å². The van der Waals surface area contributed by atoms with Gasteiger partial charge in [-0.3, -0.25) is 0 Å². The number of benzene rings is 1. The number of phenols is 4. The molecule has 0 aliphatic rings. The van der Waals surface area contributed by atoms with E-state index >= 15 is 0 Å². The molecular weight excluding hydrogens is 159 g/mol. The van der Waals surface area contributed by atoms with Crippen LogP contribution in [-0.2, 0) is 0 Å². The second-order valence-corrected chi connectivity index (χ2v) is 1.80. The Morgan fingerprint density at radius 1 is 0.727 bits per heavy atom. The molecule has 0 amide bonds. The Hall–Kier alpha value is -0.580. The molecule has 56 valence electrons. The van der Waals surface area contributed by atoms with Crippen molar-refractivity contribution in [2.45, 2.75) is 0 Å². The number of rotatable bonds is 0. The van der Waals surface area contributed by atoms with Crippen LogP contribution in [0.5, 0.6) is 23.0 Å². The van der Waals surface area contributed by atoms with Crippen LogP contribution in [0, 0.1) is 0 Å². The van der Waals surface area contributed by atoms with Crippen LogP contribution >= 0.6 is 0 Å². The van der Waals surface area contributed by atoms with E-state index < -0.39 is 23.0 Å². The summed E-state index contributed by atoms with van der Waals surface area (Å²) >= 11 is 0. The molecule has 1 rings (SSSR count). The molecule has 0 spiro atoms. The topological polar surface area (TPSA) is 80.9 Å². The van der Waals surface area contributed by atoms with Crippen molar-refractivity contribution in [1.82, 2.24) is 0 Å². The van der Waals surface area contributed by atoms with E-state index in [1.54, 1.807) is 0 Å². The Morgan fingerprint density at radius 2 is 1.00 bits per heavy atom. The summed E-state index contributed by atoms with van der Waals surface area (Å²) in [5.41, 5.74) is 0. The molecule has 1 aromatic rings. The number of hydrogen-bond acceptors (Lipinski definition) is 4. The molecule has 0 heterocycles. The first-order chi connectivity index (χ1) is 4.63. The zero-order chi connectivity index (χ0) is 7.72. The van der Waals surface area contributed by atoms with Gasteiger partial charge in [-0.15, -0.1) is 0 Å². The van der Waals surface area contributed by atoms with Crippen molar-refractivity contribution < 1.29 is 20.4 Å². The Bertz CT molecular complexity index is 234. The first-order valence-corrected chi connectivity index (χ1v) is 2.56. The standard InChI is InChI=1S/C6H6O4.Na.H/c7-3-1-2-4(8)6(10)5(3)9;;/h1-2,7-10H;;. The van der Waals surface area contributed by atoms with Crippen molar-refractivity contribution in [2.75, 3.05) is 0 Å². The second kappa shape index (κ2) is 3.71. The summed E-state index contributed by atoms with van der Waals surface area (Å²) in [6, 6.07) is 2.15. The van der Waals surface area contributed by atoms with E-state index in [0.717, 1.165) is 12.1 Å². The van der Waals surface area contributed by atoms with E-state index in [0.29, 0.717) is 0 Å². The molecule has 0 saturated heterocycles. The molecular formula is C6H7NaO4. The zero-order valence-corrected chi connectivity index (χ0v) is 4.94. The molecule has 0 saturated carbocycles. The van der Waals surface area contributed by atoms with Crippen LogP contribution in [0.2, 0.25) is 0 Å². The molecule has 0 unspecified atom stereocenters. The predicted octanol–water partition coefficient (Wildman–Crippen LogP) is -0.140. The van der Waals surface area contributed by atoms with Crippen molar-refractivity contribution in [1.29, 1.82) is 0 Å². The summed E-state index contributed by atoms with van der Waals surface area (Å²) in [5.74, 6) is -2.34. The van der Waals surface area contributed by atoms with E-state index in [9.17, 15) is 0 Å². The summed E-state index contributed by atoms with van der Waals surface area (Å²) in [4.78, 5) is 0. The van der Waals surface area contributed by atoms with E-state index in [4.69, 9.17) is 20.4 Å².